The summed E-state index contributed by atoms with van der Waals surface area (Å²) in [6, 6.07) is 17.7. The van der Waals surface area contributed by atoms with Crippen molar-refractivity contribution in [2.45, 2.75) is 18.0 Å². The SMILES string of the molecule is O=P(O)(O)C1(Cc2cc(-c3ccncc3)cc[n+]2-c2ccccc2)C=CC=CC1. The van der Waals surface area contributed by atoms with E-state index >= 15 is 0 Å². The molecular weight excluding hydrogens is 383 g/mol. The van der Waals surface area contributed by atoms with Gasteiger partial charge in [-0.15, -0.1) is 0 Å². The highest BCUT2D eigenvalue weighted by Gasteiger charge is 2.46. The molecule has 146 valence electrons. The Morgan fingerprint density at radius 3 is 2.41 bits per heavy atom. The lowest BCUT2D eigenvalue weighted by Gasteiger charge is -2.31. The van der Waals surface area contributed by atoms with Gasteiger partial charge >= 0.3 is 7.60 Å². The third-order valence-electron chi connectivity index (χ3n) is 5.28. The molecule has 1 unspecified atom stereocenters. The molecule has 0 radical (unpaired) electrons. The second-order valence-corrected chi connectivity index (χ2v) is 9.14. The largest absolute Gasteiger partial charge is 0.336 e. The minimum absolute atomic E-state index is 0.214. The summed E-state index contributed by atoms with van der Waals surface area (Å²) in [6.45, 7) is 0. The van der Waals surface area contributed by atoms with Gasteiger partial charge in [0.2, 0.25) is 5.69 Å². The number of nitrogens with zero attached hydrogens (tertiary/aromatic N) is 2. The van der Waals surface area contributed by atoms with Crippen LogP contribution < -0.4 is 4.57 Å². The first kappa shape index (κ1) is 19.5. The van der Waals surface area contributed by atoms with Crippen LogP contribution in [0, 0.1) is 0 Å². The van der Waals surface area contributed by atoms with Gasteiger partial charge in [-0.25, -0.2) is 0 Å². The van der Waals surface area contributed by atoms with E-state index in [-0.39, 0.29) is 6.42 Å². The molecule has 1 aliphatic rings. The van der Waals surface area contributed by atoms with E-state index in [1.165, 1.54) is 0 Å². The van der Waals surface area contributed by atoms with E-state index in [0.29, 0.717) is 6.42 Å². The van der Waals surface area contributed by atoms with Gasteiger partial charge in [0.1, 0.15) is 5.16 Å². The number of benzene rings is 1. The van der Waals surface area contributed by atoms with Crippen molar-refractivity contribution >= 4 is 7.60 Å². The maximum absolute atomic E-state index is 12.5. The topological polar surface area (TPSA) is 74.3 Å². The molecule has 5 nitrogen and oxygen atoms in total. The minimum atomic E-state index is -4.40. The third-order valence-corrected chi connectivity index (χ3v) is 6.93. The zero-order chi connectivity index (χ0) is 20.3. The average Bonchev–Trinajstić information content (AvgIpc) is 2.75. The van der Waals surface area contributed by atoms with Crippen LogP contribution in [0.4, 0.5) is 0 Å². The summed E-state index contributed by atoms with van der Waals surface area (Å²) < 4.78 is 14.5. The smallest absolute Gasteiger partial charge is 0.324 e. The van der Waals surface area contributed by atoms with Crippen LogP contribution in [0.1, 0.15) is 12.1 Å². The second-order valence-electron chi connectivity index (χ2n) is 7.16. The highest BCUT2D eigenvalue weighted by atomic mass is 31.2. The number of hydrogen-bond donors (Lipinski definition) is 2. The molecule has 29 heavy (non-hydrogen) atoms. The predicted molar refractivity (Wildman–Crippen MR) is 113 cm³/mol. The molecule has 0 saturated heterocycles. The summed E-state index contributed by atoms with van der Waals surface area (Å²) >= 11 is 0. The molecule has 6 heteroatoms. The van der Waals surface area contributed by atoms with Crippen molar-refractivity contribution in [3.8, 4) is 16.8 Å². The molecule has 1 atom stereocenters. The Bertz CT molecular complexity index is 1110. The van der Waals surface area contributed by atoms with Crippen molar-refractivity contribution in [3.05, 3.63) is 103 Å². The highest BCUT2D eigenvalue weighted by molar-refractivity contribution is 7.53. The van der Waals surface area contributed by atoms with Crippen LogP contribution in [0.5, 0.6) is 0 Å². The lowest BCUT2D eigenvalue weighted by molar-refractivity contribution is -0.604. The molecule has 3 aromatic rings. The number of allylic oxidation sites excluding steroid dienone is 4. The lowest BCUT2D eigenvalue weighted by Crippen LogP contribution is -2.40. The van der Waals surface area contributed by atoms with Gasteiger partial charge in [-0.05, 0) is 29.7 Å². The van der Waals surface area contributed by atoms with Crippen molar-refractivity contribution in [3.63, 3.8) is 0 Å². The molecule has 0 saturated carbocycles. The van der Waals surface area contributed by atoms with Gasteiger partial charge in [-0.2, -0.15) is 4.57 Å². The van der Waals surface area contributed by atoms with Crippen molar-refractivity contribution in [2.24, 2.45) is 0 Å². The molecule has 0 aliphatic heterocycles. The Balaban J connectivity index is 1.86. The van der Waals surface area contributed by atoms with Crippen LogP contribution in [0.2, 0.25) is 0 Å². The first-order valence-corrected chi connectivity index (χ1v) is 11.0. The Morgan fingerprint density at radius 2 is 1.76 bits per heavy atom. The van der Waals surface area contributed by atoms with Crippen LogP contribution in [0.15, 0.2) is 97.5 Å². The summed E-state index contributed by atoms with van der Waals surface area (Å²) in [4.78, 5) is 24.5. The molecule has 1 aromatic carbocycles. The van der Waals surface area contributed by atoms with Gasteiger partial charge in [-0.3, -0.25) is 9.55 Å². The summed E-state index contributed by atoms with van der Waals surface area (Å²) in [6.07, 6.45) is 13.0. The molecular formula is C23H22N2O3P+. The Labute approximate surface area is 169 Å². The van der Waals surface area contributed by atoms with E-state index in [4.69, 9.17) is 0 Å². The van der Waals surface area contributed by atoms with E-state index < -0.39 is 12.8 Å². The fourth-order valence-corrected chi connectivity index (χ4v) is 4.66. The van der Waals surface area contributed by atoms with Gasteiger partial charge in [0.25, 0.3) is 0 Å². The van der Waals surface area contributed by atoms with E-state index in [0.717, 1.165) is 22.5 Å². The quantitative estimate of drug-likeness (QED) is 0.497. The van der Waals surface area contributed by atoms with Gasteiger partial charge < -0.3 is 9.79 Å². The average molecular weight is 405 g/mol. The monoisotopic (exact) mass is 405 g/mol. The zero-order valence-electron chi connectivity index (χ0n) is 15.8. The zero-order valence-corrected chi connectivity index (χ0v) is 16.7. The first-order chi connectivity index (χ1) is 14.0. The predicted octanol–water partition coefficient (Wildman–Crippen LogP) is 4.00. The second kappa shape index (κ2) is 7.88. The summed E-state index contributed by atoms with van der Waals surface area (Å²) in [7, 11) is -4.40. The van der Waals surface area contributed by atoms with E-state index in [9.17, 15) is 14.4 Å². The molecule has 2 heterocycles. The molecule has 4 rings (SSSR count). The third kappa shape index (κ3) is 3.99. The van der Waals surface area contributed by atoms with Crippen molar-refractivity contribution in [1.82, 2.24) is 4.98 Å². The minimum Gasteiger partial charge on any atom is -0.324 e. The summed E-state index contributed by atoms with van der Waals surface area (Å²) in [5.74, 6) is 0. The standard InChI is InChI=1S/C23H21N2O3P/c26-29(27,28)23(12-5-2-6-13-23)18-22-17-20(19-9-14-24-15-10-19)11-16-25(22)21-7-3-1-4-8-21/h1-12,14-17H,13,18H2,(H-,26,27,28)/p+1. The van der Waals surface area contributed by atoms with E-state index in [1.807, 2.05) is 77.5 Å². The Kier molecular flexibility index (Phi) is 5.29. The molecule has 0 fully saturated rings. The Morgan fingerprint density at radius 1 is 1.00 bits per heavy atom. The summed E-state index contributed by atoms with van der Waals surface area (Å²) in [5.41, 5.74) is 3.75. The van der Waals surface area contributed by atoms with Gasteiger partial charge in [0.05, 0.1) is 6.42 Å². The fourth-order valence-electron chi connectivity index (χ4n) is 3.67. The summed E-state index contributed by atoms with van der Waals surface area (Å²) in [5, 5.41) is -1.25. The maximum Gasteiger partial charge on any atom is 0.336 e. The van der Waals surface area contributed by atoms with Crippen molar-refractivity contribution in [2.75, 3.05) is 0 Å². The number of rotatable bonds is 5. The van der Waals surface area contributed by atoms with Gasteiger partial charge in [-0.1, -0.05) is 42.5 Å². The number of hydrogen-bond acceptors (Lipinski definition) is 2. The molecule has 0 spiro atoms. The van der Waals surface area contributed by atoms with Crippen LogP contribution in [0.3, 0.4) is 0 Å². The number of aromatic nitrogens is 2. The van der Waals surface area contributed by atoms with Crippen LogP contribution in [0.25, 0.3) is 16.8 Å². The van der Waals surface area contributed by atoms with E-state index in [2.05, 4.69) is 4.98 Å². The first-order valence-electron chi connectivity index (χ1n) is 9.39. The maximum atomic E-state index is 12.5. The highest BCUT2D eigenvalue weighted by Crippen LogP contribution is 2.56. The molecule has 2 aromatic heterocycles. The van der Waals surface area contributed by atoms with Crippen LogP contribution in [-0.2, 0) is 11.0 Å². The molecule has 2 N–H and O–H groups in total. The van der Waals surface area contributed by atoms with Crippen LogP contribution >= 0.6 is 7.60 Å². The molecule has 0 bridgehead atoms. The molecule has 1 aliphatic carbocycles. The normalized spacial score (nSPS) is 18.7. The number of pyridine rings is 2. The van der Waals surface area contributed by atoms with Gasteiger partial charge in [0, 0.05) is 36.7 Å². The fraction of sp³-hybridized carbons (Fsp3) is 0.130. The number of para-hydroxylation sites is 1. The van der Waals surface area contributed by atoms with Gasteiger partial charge in [0.15, 0.2) is 11.9 Å². The lowest BCUT2D eigenvalue weighted by atomic mass is 9.93. The van der Waals surface area contributed by atoms with Crippen molar-refractivity contribution in [1.29, 1.82) is 0 Å². The van der Waals surface area contributed by atoms with Crippen molar-refractivity contribution < 1.29 is 18.9 Å². The van der Waals surface area contributed by atoms with Crippen LogP contribution in [-0.4, -0.2) is 19.9 Å². The Hall–Kier alpha value is -2.85. The molecule has 0 amide bonds. The van der Waals surface area contributed by atoms with E-state index in [1.54, 1.807) is 24.5 Å².